The average Bonchev–Trinajstić information content (AvgIpc) is 2.42. The lowest BCUT2D eigenvalue weighted by atomic mass is 10.0. The van der Waals surface area contributed by atoms with E-state index in [9.17, 15) is 4.79 Å². The molecule has 0 atom stereocenters. The lowest BCUT2D eigenvalue weighted by Gasteiger charge is -2.28. The van der Waals surface area contributed by atoms with Crippen molar-refractivity contribution in [3.63, 3.8) is 0 Å². The lowest BCUT2D eigenvalue weighted by Crippen LogP contribution is -2.36. The Balaban J connectivity index is 2.30. The summed E-state index contributed by atoms with van der Waals surface area (Å²) >= 11 is 0. The third kappa shape index (κ3) is 3.95. The second kappa shape index (κ2) is 7.23. The van der Waals surface area contributed by atoms with E-state index in [2.05, 4.69) is 44.1 Å². The van der Waals surface area contributed by atoms with Gasteiger partial charge in [0.2, 0.25) is 0 Å². The summed E-state index contributed by atoms with van der Waals surface area (Å²) in [4.78, 5) is 15.0. The first-order chi connectivity index (χ1) is 10.0. The summed E-state index contributed by atoms with van der Waals surface area (Å²) < 4.78 is 2.02. The SMILES string of the molecule is CCCn1c2c(cc(CNCC(C)C)c1=O)CN(C)CC2. The van der Waals surface area contributed by atoms with Crippen molar-refractivity contribution in [2.75, 3.05) is 20.1 Å². The largest absolute Gasteiger partial charge is 0.312 e. The van der Waals surface area contributed by atoms with Crippen LogP contribution in [0.15, 0.2) is 10.9 Å². The summed E-state index contributed by atoms with van der Waals surface area (Å²) in [6.45, 7) is 11.0. The zero-order valence-corrected chi connectivity index (χ0v) is 13.9. The van der Waals surface area contributed by atoms with Crippen molar-refractivity contribution in [2.24, 2.45) is 5.92 Å². The fourth-order valence-corrected chi connectivity index (χ4v) is 3.01. The second-order valence-corrected chi connectivity index (χ2v) is 6.61. The van der Waals surface area contributed by atoms with E-state index in [1.165, 1.54) is 11.3 Å². The van der Waals surface area contributed by atoms with Crippen molar-refractivity contribution in [1.82, 2.24) is 14.8 Å². The van der Waals surface area contributed by atoms with Crippen LogP contribution >= 0.6 is 0 Å². The van der Waals surface area contributed by atoms with Gasteiger partial charge in [0.05, 0.1) is 0 Å². The average molecular weight is 291 g/mol. The molecule has 0 spiro atoms. The molecule has 0 aromatic carbocycles. The Hall–Kier alpha value is -1.13. The number of likely N-dealkylation sites (N-methyl/N-ethyl adjacent to an activating group) is 1. The molecule has 2 heterocycles. The van der Waals surface area contributed by atoms with E-state index in [4.69, 9.17) is 0 Å². The Morgan fingerprint density at radius 1 is 1.38 bits per heavy atom. The van der Waals surface area contributed by atoms with E-state index in [-0.39, 0.29) is 5.56 Å². The number of nitrogens with one attached hydrogen (secondary N) is 1. The zero-order chi connectivity index (χ0) is 15.4. The van der Waals surface area contributed by atoms with Gasteiger partial charge < -0.3 is 14.8 Å². The van der Waals surface area contributed by atoms with E-state index in [1.54, 1.807) is 0 Å². The maximum atomic E-state index is 12.7. The summed E-state index contributed by atoms with van der Waals surface area (Å²) in [5, 5.41) is 3.40. The Bertz CT molecular complexity index is 534. The molecule has 1 aromatic heterocycles. The van der Waals surface area contributed by atoms with Crippen LogP contribution in [0.3, 0.4) is 0 Å². The standard InChI is InChI=1S/C17H29N3O/c1-5-7-20-16-6-8-19(4)12-15(16)9-14(17(20)21)11-18-10-13(2)3/h9,13,18H,5-8,10-12H2,1-4H3. The monoisotopic (exact) mass is 291 g/mol. The van der Waals surface area contributed by atoms with Gasteiger partial charge in [-0.2, -0.15) is 0 Å². The topological polar surface area (TPSA) is 37.3 Å². The van der Waals surface area contributed by atoms with E-state index in [0.29, 0.717) is 12.5 Å². The molecular formula is C17H29N3O. The van der Waals surface area contributed by atoms with Gasteiger partial charge in [0, 0.05) is 43.9 Å². The quantitative estimate of drug-likeness (QED) is 0.871. The first-order valence-corrected chi connectivity index (χ1v) is 8.16. The Morgan fingerprint density at radius 3 is 2.81 bits per heavy atom. The summed E-state index contributed by atoms with van der Waals surface area (Å²) in [5.41, 5.74) is 3.71. The van der Waals surface area contributed by atoms with Gasteiger partial charge in [-0.05, 0) is 37.6 Å². The fraction of sp³-hybridized carbons (Fsp3) is 0.706. The third-order valence-electron chi connectivity index (χ3n) is 4.05. The van der Waals surface area contributed by atoms with Crippen molar-refractivity contribution in [2.45, 2.75) is 53.2 Å². The van der Waals surface area contributed by atoms with Crippen LogP contribution in [0.1, 0.15) is 44.0 Å². The van der Waals surface area contributed by atoms with Gasteiger partial charge in [-0.3, -0.25) is 4.79 Å². The van der Waals surface area contributed by atoms with Gasteiger partial charge in [0.15, 0.2) is 0 Å². The number of hydrogen-bond donors (Lipinski definition) is 1. The molecule has 2 rings (SSSR count). The lowest BCUT2D eigenvalue weighted by molar-refractivity contribution is 0.303. The maximum Gasteiger partial charge on any atom is 0.255 e. The normalized spacial score (nSPS) is 15.5. The Morgan fingerprint density at radius 2 is 2.14 bits per heavy atom. The molecule has 0 saturated carbocycles. The van der Waals surface area contributed by atoms with E-state index in [0.717, 1.165) is 44.6 Å². The molecule has 118 valence electrons. The maximum absolute atomic E-state index is 12.7. The van der Waals surface area contributed by atoms with Gasteiger partial charge >= 0.3 is 0 Å². The van der Waals surface area contributed by atoms with Crippen molar-refractivity contribution < 1.29 is 0 Å². The second-order valence-electron chi connectivity index (χ2n) is 6.61. The van der Waals surface area contributed by atoms with Gasteiger partial charge in [-0.25, -0.2) is 0 Å². The number of hydrogen-bond acceptors (Lipinski definition) is 3. The summed E-state index contributed by atoms with van der Waals surface area (Å²) in [6, 6.07) is 2.13. The third-order valence-corrected chi connectivity index (χ3v) is 4.05. The van der Waals surface area contributed by atoms with Gasteiger partial charge in [0.25, 0.3) is 5.56 Å². The minimum absolute atomic E-state index is 0.205. The van der Waals surface area contributed by atoms with Crippen LogP contribution in [0.2, 0.25) is 0 Å². The van der Waals surface area contributed by atoms with Crippen LogP contribution in [0.5, 0.6) is 0 Å². The molecule has 4 heteroatoms. The molecule has 4 nitrogen and oxygen atoms in total. The Kier molecular flexibility index (Phi) is 5.59. The first kappa shape index (κ1) is 16.2. The highest BCUT2D eigenvalue weighted by molar-refractivity contribution is 5.29. The molecule has 0 radical (unpaired) electrons. The fourth-order valence-electron chi connectivity index (χ4n) is 3.01. The summed E-state index contributed by atoms with van der Waals surface area (Å²) in [5.74, 6) is 0.603. The zero-order valence-electron chi connectivity index (χ0n) is 13.9. The molecule has 0 amide bonds. The van der Waals surface area contributed by atoms with Crippen molar-refractivity contribution >= 4 is 0 Å². The number of nitrogens with zero attached hydrogens (tertiary/aromatic N) is 2. The highest BCUT2D eigenvalue weighted by atomic mass is 16.1. The minimum atomic E-state index is 0.205. The van der Waals surface area contributed by atoms with Gasteiger partial charge in [-0.15, -0.1) is 0 Å². The van der Waals surface area contributed by atoms with Gasteiger partial charge in [-0.1, -0.05) is 20.8 Å². The molecule has 0 fully saturated rings. The van der Waals surface area contributed by atoms with E-state index in [1.807, 2.05) is 4.57 Å². The Labute approximate surface area is 128 Å². The van der Waals surface area contributed by atoms with Crippen molar-refractivity contribution in [3.8, 4) is 0 Å². The highest BCUT2D eigenvalue weighted by Crippen LogP contribution is 2.18. The van der Waals surface area contributed by atoms with E-state index >= 15 is 0 Å². The molecule has 1 aliphatic heterocycles. The molecular weight excluding hydrogens is 262 g/mol. The van der Waals surface area contributed by atoms with Crippen LogP contribution < -0.4 is 10.9 Å². The minimum Gasteiger partial charge on any atom is -0.312 e. The predicted octanol–water partition coefficient (Wildman–Crippen LogP) is 1.99. The first-order valence-electron chi connectivity index (χ1n) is 8.16. The van der Waals surface area contributed by atoms with Gasteiger partial charge in [0.1, 0.15) is 0 Å². The number of rotatable bonds is 6. The molecule has 1 aromatic rings. The van der Waals surface area contributed by atoms with Crippen LogP contribution in [0, 0.1) is 5.92 Å². The van der Waals surface area contributed by atoms with Crippen LogP contribution in [0.4, 0.5) is 0 Å². The molecule has 1 N–H and O–H groups in total. The van der Waals surface area contributed by atoms with Crippen molar-refractivity contribution in [1.29, 1.82) is 0 Å². The number of aromatic nitrogens is 1. The van der Waals surface area contributed by atoms with Crippen LogP contribution in [0.25, 0.3) is 0 Å². The molecule has 1 aliphatic rings. The number of pyridine rings is 1. The number of fused-ring (bicyclic) bond motifs is 1. The molecule has 0 saturated heterocycles. The summed E-state index contributed by atoms with van der Waals surface area (Å²) in [7, 11) is 2.15. The summed E-state index contributed by atoms with van der Waals surface area (Å²) in [6.07, 6.45) is 1.99. The van der Waals surface area contributed by atoms with Crippen LogP contribution in [-0.4, -0.2) is 29.6 Å². The molecule has 0 bridgehead atoms. The molecule has 0 aliphatic carbocycles. The van der Waals surface area contributed by atoms with Crippen molar-refractivity contribution in [3.05, 3.63) is 33.2 Å². The van der Waals surface area contributed by atoms with Crippen LogP contribution in [-0.2, 0) is 26.1 Å². The predicted molar refractivity (Wildman–Crippen MR) is 87.6 cm³/mol. The highest BCUT2D eigenvalue weighted by Gasteiger charge is 2.19. The molecule has 21 heavy (non-hydrogen) atoms. The van der Waals surface area contributed by atoms with E-state index < -0.39 is 0 Å². The molecule has 0 unspecified atom stereocenters. The smallest absolute Gasteiger partial charge is 0.255 e.